The van der Waals surface area contributed by atoms with Gasteiger partial charge in [0.2, 0.25) is 5.91 Å². The van der Waals surface area contributed by atoms with E-state index in [9.17, 15) is 9.59 Å². The number of aryl methyl sites for hydroxylation is 1. The Morgan fingerprint density at radius 3 is 2.30 bits per heavy atom. The van der Waals surface area contributed by atoms with Crippen molar-refractivity contribution in [2.24, 2.45) is 0 Å². The Balaban J connectivity index is 1.70. The number of hydrogen-bond donors (Lipinski definition) is 2. The van der Waals surface area contributed by atoms with Gasteiger partial charge in [-0.1, -0.05) is 17.7 Å². The molecular weight excluding hydrogens is 294 g/mol. The van der Waals surface area contributed by atoms with Gasteiger partial charge < -0.3 is 15.2 Å². The summed E-state index contributed by atoms with van der Waals surface area (Å²) < 4.78 is 5.56. The first kappa shape index (κ1) is 16.5. The van der Waals surface area contributed by atoms with Crippen molar-refractivity contribution >= 4 is 17.6 Å². The van der Waals surface area contributed by atoms with Crippen LogP contribution in [0, 0.1) is 6.92 Å². The van der Waals surface area contributed by atoms with Gasteiger partial charge in [-0.15, -0.1) is 0 Å². The third kappa shape index (κ3) is 5.47. The summed E-state index contributed by atoms with van der Waals surface area (Å²) in [7, 11) is 0. The first-order valence-corrected chi connectivity index (χ1v) is 7.37. The molecular formula is C18H19NO4. The fourth-order valence-electron chi connectivity index (χ4n) is 1.98. The molecule has 0 spiro atoms. The molecule has 0 heterocycles. The summed E-state index contributed by atoms with van der Waals surface area (Å²) in [6, 6.07) is 13.8. The molecule has 1 amide bonds. The molecule has 0 aliphatic heterocycles. The summed E-state index contributed by atoms with van der Waals surface area (Å²) in [4.78, 5) is 22.5. The van der Waals surface area contributed by atoms with Crippen LogP contribution in [0.3, 0.4) is 0 Å². The van der Waals surface area contributed by atoms with Gasteiger partial charge in [0.1, 0.15) is 5.75 Å². The van der Waals surface area contributed by atoms with Gasteiger partial charge in [0.15, 0.2) is 0 Å². The van der Waals surface area contributed by atoms with Crippen molar-refractivity contribution in [2.75, 3.05) is 11.9 Å². The van der Waals surface area contributed by atoms with Crippen LogP contribution in [0.15, 0.2) is 48.5 Å². The van der Waals surface area contributed by atoms with Gasteiger partial charge in [0.05, 0.1) is 12.2 Å². The van der Waals surface area contributed by atoms with E-state index in [0.717, 1.165) is 5.75 Å². The number of benzene rings is 2. The lowest BCUT2D eigenvalue weighted by Gasteiger charge is -2.07. The highest BCUT2D eigenvalue weighted by Gasteiger charge is 2.05. The second-order valence-corrected chi connectivity index (χ2v) is 5.20. The minimum absolute atomic E-state index is 0.124. The van der Waals surface area contributed by atoms with Gasteiger partial charge in [-0.3, -0.25) is 4.79 Å². The Hall–Kier alpha value is -2.82. The van der Waals surface area contributed by atoms with Crippen LogP contribution in [0.2, 0.25) is 0 Å². The predicted octanol–water partition coefficient (Wildman–Crippen LogP) is 3.49. The first-order chi connectivity index (χ1) is 11.0. The van der Waals surface area contributed by atoms with Crippen LogP contribution in [-0.4, -0.2) is 23.6 Å². The molecule has 0 atom stereocenters. The second kappa shape index (κ2) is 7.98. The fraction of sp³-hybridized carbons (Fsp3) is 0.222. The van der Waals surface area contributed by atoms with Crippen LogP contribution >= 0.6 is 0 Å². The monoisotopic (exact) mass is 313 g/mol. The van der Waals surface area contributed by atoms with E-state index < -0.39 is 5.97 Å². The van der Waals surface area contributed by atoms with Crippen molar-refractivity contribution in [2.45, 2.75) is 19.8 Å². The summed E-state index contributed by atoms with van der Waals surface area (Å²) in [5, 5.41) is 11.5. The molecule has 2 N–H and O–H groups in total. The molecule has 5 heteroatoms. The van der Waals surface area contributed by atoms with E-state index in [-0.39, 0.29) is 11.5 Å². The molecule has 0 aliphatic carbocycles. The van der Waals surface area contributed by atoms with Gasteiger partial charge in [-0.05, 0) is 49.7 Å². The van der Waals surface area contributed by atoms with Gasteiger partial charge in [0, 0.05) is 12.1 Å². The van der Waals surface area contributed by atoms with Crippen molar-refractivity contribution in [1.82, 2.24) is 0 Å². The van der Waals surface area contributed by atoms with E-state index in [0.29, 0.717) is 25.1 Å². The Morgan fingerprint density at radius 1 is 1.04 bits per heavy atom. The quantitative estimate of drug-likeness (QED) is 0.767. The molecule has 0 aromatic heterocycles. The molecule has 120 valence electrons. The van der Waals surface area contributed by atoms with Crippen molar-refractivity contribution in [3.8, 4) is 5.75 Å². The maximum Gasteiger partial charge on any atom is 0.335 e. The predicted molar refractivity (Wildman–Crippen MR) is 87.9 cm³/mol. The molecule has 0 bridgehead atoms. The average molecular weight is 313 g/mol. The number of carboxylic acid groups (broad SMARTS) is 1. The smallest absolute Gasteiger partial charge is 0.335 e. The molecule has 0 fully saturated rings. The molecule has 0 saturated carbocycles. The molecule has 5 nitrogen and oxygen atoms in total. The summed E-state index contributed by atoms with van der Waals surface area (Å²) in [5.74, 6) is -0.322. The van der Waals surface area contributed by atoms with E-state index in [1.165, 1.54) is 17.7 Å². The summed E-state index contributed by atoms with van der Waals surface area (Å²) >= 11 is 0. The van der Waals surface area contributed by atoms with Gasteiger partial charge in [-0.2, -0.15) is 0 Å². The number of carbonyl (C=O) groups is 2. The molecule has 23 heavy (non-hydrogen) atoms. The maximum absolute atomic E-state index is 11.8. The summed E-state index contributed by atoms with van der Waals surface area (Å²) in [6.45, 7) is 2.48. The number of nitrogens with one attached hydrogen (secondary N) is 1. The second-order valence-electron chi connectivity index (χ2n) is 5.20. The van der Waals surface area contributed by atoms with Gasteiger partial charge in [0.25, 0.3) is 0 Å². The molecule has 0 aliphatic rings. The topological polar surface area (TPSA) is 75.6 Å². The van der Waals surface area contributed by atoms with Crippen LogP contribution in [-0.2, 0) is 4.79 Å². The number of anilines is 1. The third-order valence-electron chi connectivity index (χ3n) is 3.25. The Morgan fingerprint density at radius 2 is 1.70 bits per heavy atom. The van der Waals surface area contributed by atoms with Crippen LogP contribution < -0.4 is 10.1 Å². The number of aromatic carboxylic acids is 1. The highest BCUT2D eigenvalue weighted by Crippen LogP contribution is 2.13. The SMILES string of the molecule is Cc1ccc(OCCCC(=O)Nc2ccc(C(=O)O)cc2)cc1. The maximum atomic E-state index is 11.8. The number of amides is 1. The molecule has 0 radical (unpaired) electrons. The van der Waals surface area contributed by atoms with E-state index in [1.807, 2.05) is 31.2 Å². The van der Waals surface area contributed by atoms with Crippen LogP contribution in [0.1, 0.15) is 28.8 Å². The standard InChI is InChI=1S/C18H19NO4/c1-13-4-10-16(11-5-13)23-12-2-3-17(20)19-15-8-6-14(7-9-15)18(21)22/h4-11H,2-3,12H2,1H3,(H,19,20)(H,21,22). The normalized spacial score (nSPS) is 10.1. The number of hydrogen-bond acceptors (Lipinski definition) is 3. The Kier molecular flexibility index (Phi) is 5.74. The molecule has 2 aromatic rings. The zero-order chi connectivity index (χ0) is 16.7. The lowest BCUT2D eigenvalue weighted by atomic mass is 10.2. The summed E-state index contributed by atoms with van der Waals surface area (Å²) in [6.07, 6.45) is 0.944. The zero-order valence-electron chi connectivity index (χ0n) is 12.9. The zero-order valence-corrected chi connectivity index (χ0v) is 12.9. The fourth-order valence-corrected chi connectivity index (χ4v) is 1.98. The molecule has 0 saturated heterocycles. The van der Waals surface area contributed by atoms with Crippen molar-refractivity contribution in [3.63, 3.8) is 0 Å². The number of carbonyl (C=O) groups excluding carboxylic acids is 1. The Bertz CT molecular complexity index is 662. The molecule has 2 rings (SSSR count). The first-order valence-electron chi connectivity index (χ1n) is 7.37. The summed E-state index contributed by atoms with van der Waals surface area (Å²) in [5.41, 5.74) is 1.94. The third-order valence-corrected chi connectivity index (χ3v) is 3.25. The number of rotatable bonds is 7. The number of ether oxygens (including phenoxy) is 1. The minimum Gasteiger partial charge on any atom is -0.494 e. The van der Waals surface area contributed by atoms with Gasteiger partial charge >= 0.3 is 5.97 Å². The van der Waals surface area contributed by atoms with Gasteiger partial charge in [-0.25, -0.2) is 4.79 Å². The van der Waals surface area contributed by atoms with Crippen LogP contribution in [0.4, 0.5) is 5.69 Å². The minimum atomic E-state index is -0.990. The lowest BCUT2D eigenvalue weighted by Crippen LogP contribution is -2.13. The molecule has 0 unspecified atom stereocenters. The van der Waals surface area contributed by atoms with Crippen LogP contribution in [0.25, 0.3) is 0 Å². The number of carboxylic acids is 1. The van der Waals surface area contributed by atoms with Crippen LogP contribution in [0.5, 0.6) is 5.75 Å². The lowest BCUT2D eigenvalue weighted by molar-refractivity contribution is -0.116. The molecule has 2 aromatic carbocycles. The Labute approximate surface area is 134 Å². The van der Waals surface area contributed by atoms with E-state index in [4.69, 9.17) is 9.84 Å². The largest absolute Gasteiger partial charge is 0.494 e. The van der Waals surface area contributed by atoms with Crippen molar-refractivity contribution in [3.05, 3.63) is 59.7 Å². The van der Waals surface area contributed by atoms with E-state index in [2.05, 4.69) is 5.32 Å². The average Bonchev–Trinajstić information content (AvgIpc) is 2.54. The van der Waals surface area contributed by atoms with E-state index in [1.54, 1.807) is 12.1 Å². The highest BCUT2D eigenvalue weighted by molar-refractivity contribution is 5.92. The highest BCUT2D eigenvalue weighted by atomic mass is 16.5. The van der Waals surface area contributed by atoms with E-state index >= 15 is 0 Å². The van der Waals surface area contributed by atoms with Crippen molar-refractivity contribution < 1.29 is 19.4 Å². The van der Waals surface area contributed by atoms with Crippen molar-refractivity contribution in [1.29, 1.82) is 0 Å².